The molecule has 0 unspecified atom stereocenters. The largest absolute Gasteiger partial charge is 0.364 e. The molecule has 0 aliphatic carbocycles. The van der Waals surface area contributed by atoms with Crippen molar-refractivity contribution >= 4 is 43.1 Å². The van der Waals surface area contributed by atoms with Gasteiger partial charge >= 0.3 is 0 Å². The number of amides is 1. The summed E-state index contributed by atoms with van der Waals surface area (Å²) in [5, 5.41) is 0. The molecular weight excluding hydrogens is 435 g/mol. The van der Waals surface area contributed by atoms with Crippen LogP contribution in [-0.4, -0.2) is 39.5 Å². The average Bonchev–Trinajstić information content (AvgIpc) is 3.10. The smallest absolute Gasteiger partial charge is 0.252 e. The van der Waals surface area contributed by atoms with Crippen molar-refractivity contribution in [2.75, 3.05) is 6.54 Å². The molecule has 2 atom stereocenters. The molecule has 2 aromatic rings. The molecule has 1 amide bonds. The molecule has 0 bridgehead atoms. The molecule has 0 radical (unpaired) electrons. The number of nitrogens with zero attached hydrogens (tertiary/aromatic N) is 3. The summed E-state index contributed by atoms with van der Waals surface area (Å²) in [7, 11) is 0. The van der Waals surface area contributed by atoms with Crippen LogP contribution in [0.15, 0.2) is 36.4 Å². The fraction of sp³-hybridized carbons (Fsp3) is 0.450. The van der Waals surface area contributed by atoms with Gasteiger partial charge in [0, 0.05) is 17.9 Å². The van der Waals surface area contributed by atoms with E-state index >= 15 is 0 Å². The van der Waals surface area contributed by atoms with Crippen LogP contribution in [0.5, 0.6) is 0 Å². The van der Waals surface area contributed by atoms with Gasteiger partial charge in [-0.15, -0.1) is 37.2 Å². The maximum absolute atomic E-state index is 13.1. The van der Waals surface area contributed by atoms with Crippen LogP contribution >= 0.6 is 37.2 Å². The molecule has 1 fully saturated rings. The van der Waals surface area contributed by atoms with E-state index in [-0.39, 0.29) is 49.2 Å². The minimum Gasteiger partial charge on any atom is -0.364 e. The SMILES string of the molecule is Cc1cccc(CN(Cc2cccc(C)n2)C(=O)[C@@H]2CC[C@H](CN)O2)n1.Cl.Cl.Cl. The average molecular weight is 464 g/mol. The lowest BCUT2D eigenvalue weighted by atomic mass is 10.1. The number of halogens is 3. The normalized spacial score (nSPS) is 17.5. The standard InChI is InChI=1S/C20H26N4O2.3ClH/c1-14-5-3-7-16(22-14)12-24(13-17-8-4-6-15(2)23-17)20(25)19-10-9-18(11-21)26-19;;;/h3-8,18-19H,9-13,21H2,1-2H3;3*1H/t18-,19+;;;/m1.../s1. The molecule has 1 aliphatic rings. The number of hydrogen-bond donors (Lipinski definition) is 1. The Morgan fingerprint density at radius 3 is 1.93 bits per heavy atom. The van der Waals surface area contributed by atoms with Crippen molar-refractivity contribution in [1.29, 1.82) is 0 Å². The first-order valence-electron chi connectivity index (χ1n) is 9.04. The van der Waals surface area contributed by atoms with Gasteiger partial charge in [-0.05, 0) is 51.0 Å². The third-order valence-electron chi connectivity index (χ3n) is 4.56. The van der Waals surface area contributed by atoms with Crippen molar-refractivity contribution in [3.63, 3.8) is 0 Å². The number of rotatable bonds is 6. The van der Waals surface area contributed by atoms with Gasteiger partial charge in [-0.3, -0.25) is 14.8 Å². The van der Waals surface area contributed by atoms with Gasteiger partial charge in [0.15, 0.2) is 0 Å². The molecule has 1 saturated heterocycles. The first-order valence-corrected chi connectivity index (χ1v) is 9.04. The minimum atomic E-state index is -0.432. The van der Waals surface area contributed by atoms with Crippen LogP contribution in [0.2, 0.25) is 0 Å². The van der Waals surface area contributed by atoms with E-state index in [2.05, 4.69) is 9.97 Å². The van der Waals surface area contributed by atoms with E-state index in [9.17, 15) is 4.79 Å². The molecule has 6 nitrogen and oxygen atoms in total. The van der Waals surface area contributed by atoms with Gasteiger partial charge in [-0.25, -0.2) is 0 Å². The lowest BCUT2D eigenvalue weighted by molar-refractivity contribution is -0.144. The zero-order chi connectivity index (χ0) is 18.5. The molecule has 1 aliphatic heterocycles. The monoisotopic (exact) mass is 462 g/mol. The zero-order valence-corrected chi connectivity index (χ0v) is 19.1. The Morgan fingerprint density at radius 1 is 1.00 bits per heavy atom. The van der Waals surface area contributed by atoms with E-state index in [1.165, 1.54) is 0 Å². The Hall–Kier alpha value is -1.44. The molecule has 2 aromatic heterocycles. The van der Waals surface area contributed by atoms with Gasteiger partial charge in [0.25, 0.3) is 5.91 Å². The van der Waals surface area contributed by atoms with Gasteiger partial charge in [-0.1, -0.05) is 12.1 Å². The van der Waals surface area contributed by atoms with Crippen molar-refractivity contribution in [2.45, 2.75) is 52.0 Å². The van der Waals surface area contributed by atoms with Crippen molar-refractivity contribution in [3.05, 3.63) is 59.2 Å². The summed E-state index contributed by atoms with van der Waals surface area (Å²) < 4.78 is 5.82. The van der Waals surface area contributed by atoms with E-state index < -0.39 is 6.10 Å². The highest BCUT2D eigenvalue weighted by molar-refractivity contribution is 5.86. The molecule has 0 saturated carbocycles. The predicted octanol–water partition coefficient (Wildman–Crippen LogP) is 3.39. The third-order valence-corrected chi connectivity index (χ3v) is 4.56. The van der Waals surface area contributed by atoms with Gasteiger partial charge in [-0.2, -0.15) is 0 Å². The van der Waals surface area contributed by atoms with Crippen molar-refractivity contribution in [3.8, 4) is 0 Å². The summed E-state index contributed by atoms with van der Waals surface area (Å²) in [5.41, 5.74) is 9.27. The Labute approximate surface area is 190 Å². The summed E-state index contributed by atoms with van der Waals surface area (Å²) in [5.74, 6) is -0.0208. The molecule has 3 rings (SSSR count). The number of carbonyl (C=O) groups is 1. The third kappa shape index (κ3) is 7.72. The summed E-state index contributed by atoms with van der Waals surface area (Å²) in [6, 6.07) is 11.7. The molecule has 9 heteroatoms. The highest BCUT2D eigenvalue weighted by atomic mass is 35.5. The Kier molecular flexibility index (Phi) is 12.3. The molecule has 162 valence electrons. The van der Waals surface area contributed by atoms with Crippen LogP contribution in [0.3, 0.4) is 0 Å². The van der Waals surface area contributed by atoms with Crippen LogP contribution in [0.4, 0.5) is 0 Å². The van der Waals surface area contributed by atoms with Gasteiger partial charge in [0.1, 0.15) is 6.10 Å². The maximum atomic E-state index is 13.1. The van der Waals surface area contributed by atoms with E-state index in [1.54, 1.807) is 4.90 Å². The number of hydrogen-bond acceptors (Lipinski definition) is 5. The van der Waals surface area contributed by atoms with E-state index in [0.717, 1.165) is 29.2 Å². The van der Waals surface area contributed by atoms with E-state index in [0.29, 0.717) is 26.1 Å². The Morgan fingerprint density at radius 2 is 1.52 bits per heavy atom. The second-order valence-corrected chi connectivity index (χ2v) is 6.79. The summed E-state index contributed by atoms with van der Waals surface area (Å²) in [6.07, 6.45) is 1.07. The fourth-order valence-electron chi connectivity index (χ4n) is 3.24. The summed E-state index contributed by atoms with van der Waals surface area (Å²) in [6.45, 7) is 5.21. The van der Waals surface area contributed by atoms with E-state index in [1.807, 2.05) is 50.2 Å². The second-order valence-electron chi connectivity index (χ2n) is 6.79. The molecule has 2 N–H and O–H groups in total. The Balaban J connectivity index is 0.00000261. The quantitative estimate of drug-likeness (QED) is 0.710. The first kappa shape index (κ1) is 27.6. The second kappa shape index (κ2) is 13.0. The van der Waals surface area contributed by atoms with Crippen LogP contribution in [0.25, 0.3) is 0 Å². The number of carbonyl (C=O) groups excluding carboxylic acids is 1. The van der Waals surface area contributed by atoms with Crippen molar-refractivity contribution in [1.82, 2.24) is 14.9 Å². The lowest BCUT2D eigenvalue weighted by Crippen LogP contribution is -2.39. The van der Waals surface area contributed by atoms with Crippen LogP contribution in [-0.2, 0) is 22.6 Å². The molecule has 3 heterocycles. The van der Waals surface area contributed by atoms with Gasteiger partial charge in [0.2, 0.25) is 0 Å². The van der Waals surface area contributed by atoms with Gasteiger partial charge < -0.3 is 15.4 Å². The number of aryl methyl sites for hydroxylation is 2. The van der Waals surface area contributed by atoms with Crippen LogP contribution < -0.4 is 5.73 Å². The topological polar surface area (TPSA) is 81.3 Å². The predicted molar refractivity (Wildman–Crippen MR) is 121 cm³/mol. The van der Waals surface area contributed by atoms with E-state index in [4.69, 9.17) is 10.5 Å². The zero-order valence-electron chi connectivity index (χ0n) is 16.6. The molecular formula is C20H29Cl3N4O2. The highest BCUT2D eigenvalue weighted by Crippen LogP contribution is 2.22. The van der Waals surface area contributed by atoms with Gasteiger partial charge in [0.05, 0.1) is 30.6 Å². The molecule has 0 spiro atoms. The highest BCUT2D eigenvalue weighted by Gasteiger charge is 2.33. The minimum absolute atomic E-state index is 0. The number of ether oxygens (including phenoxy) is 1. The lowest BCUT2D eigenvalue weighted by Gasteiger charge is -2.25. The molecule has 29 heavy (non-hydrogen) atoms. The summed E-state index contributed by atoms with van der Waals surface area (Å²) in [4.78, 5) is 23.9. The Bertz CT molecular complexity index is 731. The van der Waals surface area contributed by atoms with Crippen molar-refractivity contribution in [2.24, 2.45) is 5.73 Å². The van der Waals surface area contributed by atoms with Crippen LogP contribution in [0.1, 0.15) is 35.6 Å². The first-order chi connectivity index (χ1) is 12.5. The molecule has 0 aromatic carbocycles. The number of aromatic nitrogens is 2. The fourth-order valence-corrected chi connectivity index (χ4v) is 3.24. The maximum Gasteiger partial charge on any atom is 0.252 e. The number of pyridine rings is 2. The summed E-state index contributed by atoms with van der Waals surface area (Å²) >= 11 is 0. The van der Waals surface area contributed by atoms with Crippen LogP contribution in [0, 0.1) is 13.8 Å². The van der Waals surface area contributed by atoms with Crippen molar-refractivity contribution < 1.29 is 9.53 Å². The number of nitrogens with two attached hydrogens (primary N) is 1.